The van der Waals surface area contributed by atoms with Gasteiger partial charge in [-0.1, -0.05) is 17.8 Å². The summed E-state index contributed by atoms with van der Waals surface area (Å²) in [5.74, 6) is 1.97. The van der Waals surface area contributed by atoms with Crippen LogP contribution < -0.4 is 9.47 Å². The Morgan fingerprint density at radius 1 is 1.32 bits per heavy atom. The number of aromatic nitrogens is 4. The Labute approximate surface area is 149 Å². The number of fused-ring (bicyclic) bond motifs is 1. The van der Waals surface area contributed by atoms with Gasteiger partial charge in [-0.3, -0.25) is 4.79 Å². The van der Waals surface area contributed by atoms with Crippen LogP contribution in [-0.2, 0) is 11.8 Å². The van der Waals surface area contributed by atoms with Crippen LogP contribution >= 0.6 is 11.8 Å². The van der Waals surface area contributed by atoms with Gasteiger partial charge in [0, 0.05) is 13.6 Å². The molecule has 0 aliphatic carbocycles. The fourth-order valence-electron chi connectivity index (χ4n) is 3.23. The van der Waals surface area contributed by atoms with Crippen molar-refractivity contribution in [3.63, 3.8) is 0 Å². The molecule has 3 heterocycles. The molecule has 25 heavy (non-hydrogen) atoms. The van der Waals surface area contributed by atoms with Crippen LogP contribution in [0.2, 0.25) is 0 Å². The molecule has 4 rings (SSSR count). The second kappa shape index (κ2) is 6.91. The highest BCUT2D eigenvalue weighted by Crippen LogP contribution is 2.38. The molecule has 1 aromatic carbocycles. The van der Waals surface area contributed by atoms with E-state index in [0.29, 0.717) is 24.1 Å². The first-order valence-electron chi connectivity index (χ1n) is 8.26. The first-order valence-corrected chi connectivity index (χ1v) is 9.25. The minimum Gasteiger partial charge on any atom is -0.486 e. The summed E-state index contributed by atoms with van der Waals surface area (Å²) in [6.07, 6.45) is 1.96. The predicted octanol–water partition coefficient (Wildman–Crippen LogP) is 1.44. The van der Waals surface area contributed by atoms with Crippen LogP contribution in [0.1, 0.15) is 24.4 Å². The molecular weight excluding hydrogens is 342 g/mol. The van der Waals surface area contributed by atoms with Crippen molar-refractivity contribution in [1.29, 1.82) is 0 Å². The van der Waals surface area contributed by atoms with E-state index in [1.807, 2.05) is 23.1 Å². The lowest BCUT2D eigenvalue weighted by Gasteiger charge is -2.26. The summed E-state index contributed by atoms with van der Waals surface area (Å²) < 4.78 is 12.8. The topological polar surface area (TPSA) is 82.4 Å². The lowest BCUT2D eigenvalue weighted by Crippen LogP contribution is -2.32. The maximum Gasteiger partial charge on any atom is 0.233 e. The van der Waals surface area contributed by atoms with Crippen LogP contribution in [0.25, 0.3) is 0 Å². The highest BCUT2D eigenvalue weighted by Gasteiger charge is 2.31. The van der Waals surface area contributed by atoms with E-state index in [0.717, 1.165) is 36.4 Å². The molecule has 8 nitrogen and oxygen atoms in total. The van der Waals surface area contributed by atoms with Crippen molar-refractivity contribution in [1.82, 2.24) is 25.1 Å². The Morgan fingerprint density at radius 2 is 2.16 bits per heavy atom. The van der Waals surface area contributed by atoms with Crippen molar-refractivity contribution in [3.8, 4) is 11.5 Å². The Morgan fingerprint density at radius 3 is 2.96 bits per heavy atom. The number of rotatable bonds is 4. The number of benzene rings is 1. The SMILES string of the molecule is Cn1nnnc1SCC(=O)N1CCCC1c1ccc2c(c1)OCCO2. The van der Waals surface area contributed by atoms with Gasteiger partial charge in [0.15, 0.2) is 11.5 Å². The van der Waals surface area contributed by atoms with Gasteiger partial charge in [-0.25, -0.2) is 4.68 Å². The minimum absolute atomic E-state index is 0.0848. The van der Waals surface area contributed by atoms with E-state index in [1.165, 1.54) is 11.8 Å². The quantitative estimate of drug-likeness (QED) is 0.762. The van der Waals surface area contributed by atoms with Crippen molar-refractivity contribution in [3.05, 3.63) is 23.8 Å². The monoisotopic (exact) mass is 361 g/mol. The smallest absolute Gasteiger partial charge is 0.233 e. The molecule has 2 aromatic rings. The van der Waals surface area contributed by atoms with E-state index < -0.39 is 0 Å². The summed E-state index contributed by atoms with van der Waals surface area (Å²) in [5.41, 5.74) is 1.10. The average molecular weight is 361 g/mol. The Hall–Kier alpha value is -2.29. The third kappa shape index (κ3) is 3.28. The summed E-state index contributed by atoms with van der Waals surface area (Å²) in [7, 11) is 1.76. The molecule has 0 N–H and O–H groups in total. The third-order valence-corrected chi connectivity index (χ3v) is 5.43. The van der Waals surface area contributed by atoms with Gasteiger partial charge in [0.1, 0.15) is 13.2 Å². The van der Waals surface area contributed by atoms with Gasteiger partial charge in [0.05, 0.1) is 11.8 Å². The second-order valence-corrected chi connectivity index (χ2v) is 6.96. The molecule has 1 amide bonds. The molecule has 1 saturated heterocycles. The van der Waals surface area contributed by atoms with Crippen molar-refractivity contribution >= 4 is 17.7 Å². The molecule has 2 aliphatic heterocycles. The number of tetrazole rings is 1. The van der Waals surface area contributed by atoms with Crippen LogP contribution in [0.4, 0.5) is 0 Å². The van der Waals surface area contributed by atoms with E-state index in [1.54, 1.807) is 11.7 Å². The van der Waals surface area contributed by atoms with Crippen LogP contribution in [-0.4, -0.2) is 56.5 Å². The lowest BCUT2D eigenvalue weighted by molar-refractivity contribution is -0.129. The Kier molecular flexibility index (Phi) is 4.48. The average Bonchev–Trinajstić information content (AvgIpc) is 3.28. The summed E-state index contributed by atoms with van der Waals surface area (Å²) >= 11 is 1.36. The van der Waals surface area contributed by atoms with Gasteiger partial charge in [0.2, 0.25) is 11.1 Å². The van der Waals surface area contributed by atoms with Gasteiger partial charge in [0.25, 0.3) is 0 Å². The number of amides is 1. The third-order valence-electron chi connectivity index (χ3n) is 4.43. The zero-order valence-corrected chi connectivity index (χ0v) is 14.7. The Bertz CT molecular complexity index is 781. The second-order valence-electron chi connectivity index (χ2n) is 6.02. The molecule has 0 spiro atoms. The van der Waals surface area contributed by atoms with E-state index in [9.17, 15) is 4.79 Å². The molecule has 2 aliphatic rings. The number of likely N-dealkylation sites (tertiary alicyclic amines) is 1. The summed E-state index contributed by atoms with van der Waals surface area (Å²) in [6, 6.07) is 6.06. The van der Waals surface area contributed by atoms with Gasteiger partial charge in [-0.05, 0) is 41.0 Å². The fourth-order valence-corrected chi connectivity index (χ4v) is 3.97. The largest absolute Gasteiger partial charge is 0.486 e. The van der Waals surface area contributed by atoms with Gasteiger partial charge in [-0.15, -0.1) is 5.10 Å². The van der Waals surface area contributed by atoms with Crippen LogP contribution in [0, 0.1) is 0 Å². The van der Waals surface area contributed by atoms with Crippen LogP contribution in [0.3, 0.4) is 0 Å². The zero-order valence-electron chi connectivity index (χ0n) is 13.9. The number of hydrogen-bond acceptors (Lipinski definition) is 7. The molecule has 0 saturated carbocycles. The fraction of sp³-hybridized carbons (Fsp3) is 0.500. The molecule has 1 unspecified atom stereocenters. The molecular formula is C16H19N5O3S. The van der Waals surface area contributed by atoms with Gasteiger partial charge in [-0.2, -0.15) is 0 Å². The minimum atomic E-state index is 0.0848. The maximum absolute atomic E-state index is 12.7. The molecule has 1 fully saturated rings. The number of carbonyl (C=O) groups is 1. The van der Waals surface area contributed by atoms with Crippen molar-refractivity contribution in [2.75, 3.05) is 25.5 Å². The summed E-state index contributed by atoms with van der Waals surface area (Å²) in [4.78, 5) is 14.6. The van der Waals surface area contributed by atoms with Crippen molar-refractivity contribution in [2.45, 2.75) is 24.0 Å². The first kappa shape index (κ1) is 16.2. The van der Waals surface area contributed by atoms with Gasteiger partial charge >= 0.3 is 0 Å². The van der Waals surface area contributed by atoms with Crippen molar-refractivity contribution < 1.29 is 14.3 Å². The molecule has 132 valence electrons. The highest BCUT2D eigenvalue weighted by molar-refractivity contribution is 7.99. The molecule has 9 heteroatoms. The van der Waals surface area contributed by atoms with Crippen LogP contribution in [0.5, 0.6) is 11.5 Å². The normalized spacial score (nSPS) is 19.2. The molecule has 1 atom stereocenters. The number of aryl methyl sites for hydroxylation is 1. The number of ether oxygens (including phenoxy) is 2. The van der Waals surface area contributed by atoms with Crippen molar-refractivity contribution in [2.24, 2.45) is 7.05 Å². The number of hydrogen-bond donors (Lipinski definition) is 0. The predicted molar refractivity (Wildman–Crippen MR) is 90.6 cm³/mol. The number of nitrogens with zero attached hydrogens (tertiary/aromatic N) is 5. The maximum atomic E-state index is 12.7. The Balaban J connectivity index is 1.46. The standard InChI is InChI=1S/C16H19N5O3S/c1-20-16(17-18-19-20)25-10-15(22)21-6-2-3-12(21)11-4-5-13-14(9-11)24-8-7-23-13/h4-5,9,12H,2-3,6-8,10H2,1H3. The molecule has 0 radical (unpaired) electrons. The van der Waals surface area contributed by atoms with E-state index in [2.05, 4.69) is 15.5 Å². The van der Waals surface area contributed by atoms with E-state index >= 15 is 0 Å². The summed E-state index contributed by atoms with van der Waals surface area (Å²) in [5, 5.41) is 11.9. The van der Waals surface area contributed by atoms with E-state index in [-0.39, 0.29) is 11.9 Å². The number of carbonyl (C=O) groups excluding carboxylic acids is 1. The lowest BCUT2D eigenvalue weighted by atomic mass is 10.0. The molecule has 1 aromatic heterocycles. The molecule has 0 bridgehead atoms. The highest BCUT2D eigenvalue weighted by atomic mass is 32.2. The zero-order chi connectivity index (χ0) is 17.2. The van der Waals surface area contributed by atoms with Crippen LogP contribution in [0.15, 0.2) is 23.4 Å². The summed E-state index contributed by atoms with van der Waals surface area (Å²) in [6.45, 7) is 1.91. The first-order chi connectivity index (χ1) is 12.2. The van der Waals surface area contributed by atoms with Gasteiger partial charge < -0.3 is 14.4 Å². The number of thioether (sulfide) groups is 1. The van der Waals surface area contributed by atoms with E-state index in [4.69, 9.17) is 9.47 Å².